The lowest BCUT2D eigenvalue weighted by Gasteiger charge is -2.43. The number of rotatable bonds is 10. The van der Waals surface area contributed by atoms with Gasteiger partial charge < -0.3 is 14.4 Å². The molecule has 2 fully saturated rings. The van der Waals surface area contributed by atoms with E-state index in [0.29, 0.717) is 23.4 Å². The van der Waals surface area contributed by atoms with Gasteiger partial charge in [0, 0.05) is 67.7 Å². The zero-order valence-corrected chi connectivity index (χ0v) is 29.0. The van der Waals surface area contributed by atoms with Crippen LogP contribution in [0.5, 0.6) is 11.6 Å². The number of carbonyl (C=O) groups excluding carboxylic acids is 2. The number of sulfonamides is 1. The average Bonchev–Trinajstić information content (AvgIpc) is 3.37. The quantitative estimate of drug-likeness (QED) is 0.316. The summed E-state index contributed by atoms with van der Waals surface area (Å²) in [5.74, 6) is -1.63. The van der Waals surface area contributed by atoms with Crippen molar-refractivity contribution in [3.8, 4) is 11.6 Å². The second-order valence-electron chi connectivity index (χ2n) is 12.1. The Morgan fingerprint density at radius 2 is 1.73 bits per heavy atom. The Morgan fingerprint density at radius 3 is 2.42 bits per heavy atom. The molecule has 2 aromatic carbocycles. The number of hydrogen-bond donors (Lipinski definition) is 1. The number of likely N-dealkylation sites (N-methyl/N-ethyl adjacent to an activating group) is 1. The number of carbonyl (C=O) groups is 2. The number of hydrazine groups is 1. The van der Waals surface area contributed by atoms with Crippen molar-refractivity contribution in [2.45, 2.75) is 43.0 Å². The third-order valence-corrected chi connectivity index (χ3v) is 11.5. The van der Waals surface area contributed by atoms with Crippen LogP contribution in [0.2, 0.25) is 5.02 Å². The van der Waals surface area contributed by atoms with Gasteiger partial charge in [0.1, 0.15) is 10.6 Å². The van der Waals surface area contributed by atoms with Gasteiger partial charge in [0.25, 0.3) is 21.8 Å². The van der Waals surface area contributed by atoms with E-state index in [9.17, 15) is 13.2 Å². The molecule has 0 radical (unpaired) electrons. The molecule has 1 atom stereocenters. The Balaban J connectivity index is 1.40. The van der Waals surface area contributed by atoms with Gasteiger partial charge in [0.05, 0.1) is 19.4 Å². The maximum absolute atomic E-state index is 15.1. The number of piperazine rings is 1. The molecule has 6 rings (SSSR count). The Kier molecular flexibility index (Phi) is 9.96. The van der Waals surface area contributed by atoms with Gasteiger partial charge in [0.2, 0.25) is 5.88 Å². The molecule has 14 heteroatoms. The molecule has 2 amide bonds. The predicted molar refractivity (Wildman–Crippen MR) is 182 cm³/mol. The molecule has 2 saturated heterocycles. The lowest BCUT2D eigenvalue weighted by Crippen LogP contribution is -2.60. The predicted octanol–water partition coefficient (Wildman–Crippen LogP) is 3.30. The van der Waals surface area contributed by atoms with Crippen molar-refractivity contribution < 1.29 is 27.5 Å². The molecule has 3 aliphatic rings. The van der Waals surface area contributed by atoms with E-state index in [4.69, 9.17) is 21.1 Å². The number of anilines is 1. The van der Waals surface area contributed by atoms with Crippen LogP contribution in [0, 0.1) is 0 Å². The van der Waals surface area contributed by atoms with Gasteiger partial charge in [0.15, 0.2) is 5.41 Å². The molecular weight excluding hydrogens is 656 g/mol. The summed E-state index contributed by atoms with van der Waals surface area (Å²) in [4.78, 5) is 39.1. The largest absolute Gasteiger partial charge is 0.495 e. The fraction of sp³-hybridized carbons (Fsp3) is 0.441. The molecule has 1 unspecified atom stereocenters. The van der Waals surface area contributed by atoms with E-state index >= 15 is 4.79 Å². The van der Waals surface area contributed by atoms with Crippen LogP contribution in [-0.4, -0.2) is 106 Å². The van der Waals surface area contributed by atoms with Gasteiger partial charge >= 0.3 is 0 Å². The number of nitrogens with zero attached hydrogens (tertiary/aromatic N) is 5. The summed E-state index contributed by atoms with van der Waals surface area (Å²) in [5.41, 5.74) is 1.02. The molecule has 3 aromatic rings. The van der Waals surface area contributed by atoms with Gasteiger partial charge in [-0.25, -0.2) is 22.7 Å². The Bertz CT molecular complexity index is 1780. The molecular formula is C34H41ClN6O6S. The van der Waals surface area contributed by atoms with Crippen LogP contribution in [-0.2, 0) is 25.0 Å². The number of fused-ring (bicyclic) bond motifs is 1. The van der Waals surface area contributed by atoms with Crippen LogP contribution in [0.3, 0.4) is 0 Å². The molecule has 12 nitrogen and oxygen atoms in total. The number of piperidine rings is 1. The number of aromatic nitrogens is 1. The van der Waals surface area contributed by atoms with Crippen LogP contribution >= 0.6 is 11.6 Å². The molecule has 48 heavy (non-hydrogen) atoms. The van der Waals surface area contributed by atoms with Crippen molar-refractivity contribution in [3.05, 3.63) is 76.9 Å². The molecule has 1 aromatic heterocycles. The Hall–Kier alpha value is -3.75. The second kappa shape index (κ2) is 14.0. The van der Waals surface area contributed by atoms with Crippen LogP contribution in [0.4, 0.5) is 5.69 Å². The molecule has 1 N–H and O–H groups in total. The zero-order valence-electron chi connectivity index (χ0n) is 27.4. The minimum absolute atomic E-state index is 0.00156. The summed E-state index contributed by atoms with van der Waals surface area (Å²) in [7, 11) is -3.25. The van der Waals surface area contributed by atoms with E-state index in [0.717, 1.165) is 45.6 Å². The van der Waals surface area contributed by atoms with E-state index in [1.807, 2.05) is 5.01 Å². The first-order valence-electron chi connectivity index (χ1n) is 16.3. The van der Waals surface area contributed by atoms with Crippen LogP contribution in [0.15, 0.2) is 65.7 Å². The first-order valence-corrected chi connectivity index (χ1v) is 18.1. The number of hydrogen-bond acceptors (Lipinski definition) is 10. The number of methoxy groups -OCH3 is 1. The topological polar surface area (TPSA) is 125 Å². The average molecular weight is 697 g/mol. The smallest absolute Gasteiger partial charge is 0.274 e. The molecule has 0 saturated carbocycles. The minimum atomic E-state index is -4.60. The number of amides is 2. The van der Waals surface area contributed by atoms with Crippen molar-refractivity contribution >= 4 is 39.1 Å². The van der Waals surface area contributed by atoms with Crippen molar-refractivity contribution in [1.29, 1.82) is 0 Å². The molecule has 3 aliphatic heterocycles. The van der Waals surface area contributed by atoms with Gasteiger partial charge in [-0.15, -0.1) is 0 Å². The zero-order chi connectivity index (χ0) is 34.1. The highest BCUT2D eigenvalue weighted by molar-refractivity contribution is 7.93. The number of pyridine rings is 1. The molecule has 0 aliphatic carbocycles. The third kappa shape index (κ3) is 5.91. The second-order valence-corrected chi connectivity index (χ2v) is 14.2. The maximum Gasteiger partial charge on any atom is 0.274 e. The lowest BCUT2D eigenvalue weighted by molar-refractivity contribution is -0.137. The van der Waals surface area contributed by atoms with E-state index in [1.165, 1.54) is 43.6 Å². The summed E-state index contributed by atoms with van der Waals surface area (Å²) in [5, 5.41) is 2.04. The SMILES string of the molecule is CCOc1ncccc1C1(C(=O)NN2CCC(N3CCN(CC)CC3)CC2)C(=O)N(S(=O)(=O)c2ccccc2OC)c2ccc(Cl)cc21. The maximum atomic E-state index is 15.1. The third-order valence-electron chi connectivity index (χ3n) is 9.57. The van der Waals surface area contributed by atoms with Gasteiger partial charge in [-0.2, -0.15) is 0 Å². The Morgan fingerprint density at radius 1 is 1.00 bits per heavy atom. The first-order chi connectivity index (χ1) is 23.2. The highest BCUT2D eigenvalue weighted by Crippen LogP contribution is 2.51. The highest BCUT2D eigenvalue weighted by atomic mass is 35.5. The molecule has 256 valence electrons. The summed E-state index contributed by atoms with van der Waals surface area (Å²) in [6, 6.07) is 14.0. The molecule has 4 heterocycles. The summed E-state index contributed by atoms with van der Waals surface area (Å²) in [6.07, 6.45) is 3.16. The van der Waals surface area contributed by atoms with Crippen molar-refractivity contribution in [1.82, 2.24) is 25.2 Å². The molecule has 0 spiro atoms. The highest BCUT2D eigenvalue weighted by Gasteiger charge is 2.62. The number of benzene rings is 2. The van der Waals surface area contributed by atoms with Crippen LogP contribution in [0.25, 0.3) is 0 Å². The van der Waals surface area contributed by atoms with Crippen molar-refractivity contribution in [2.24, 2.45) is 0 Å². The van der Waals surface area contributed by atoms with E-state index in [-0.39, 0.29) is 45.0 Å². The van der Waals surface area contributed by atoms with Crippen LogP contribution in [0.1, 0.15) is 37.8 Å². The minimum Gasteiger partial charge on any atom is -0.495 e. The van der Waals surface area contributed by atoms with Crippen LogP contribution < -0.4 is 19.2 Å². The Labute approximate surface area is 286 Å². The number of ether oxygens (including phenoxy) is 2. The number of para-hydroxylation sites is 1. The normalized spacial score (nSPS) is 21.2. The van der Waals surface area contributed by atoms with Gasteiger partial charge in [-0.05, 0) is 62.7 Å². The summed E-state index contributed by atoms with van der Waals surface area (Å²) < 4.78 is 40.8. The van der Waals surface area contributed by atoms with Gasteiger partial charge in [-0.3, -0.25) is 19.9 Å². The lowest BCUT2D eigenvalue weighted by atomic mass is 9.74. The standard InChI is InChI=1S/C34H41ClN6O6S/c1-4-38-19-21-39(22-20-38)25-14-17-40(18-15-25)37-32(42)34(26-9-8-16-36-31(26)47-5-2)27-23-24(35)12-13-28(27)41(33(34)43)48(44,45)30-11-7-6-10-29(30)46-3/h6-13,16,23,25H,4-5,14-15,17-22H2,1-3H3,(H,37,42). The van der Waals surface area contributed by atoms with Crippen molar-refractivity contribution in [3.63, 3.8) is 0 Å². The van der Waals surface area contributed by atoms with E-state index in [1.54, 1.807) is 31.2 Å². The monoisotopic (exact) mass is 696 g/mol. The molecule has 0 bridgehead atoms. The fourth-order valence-corrected chi connectivity index (χ4v) is 8.87. The first kappa shape index (κ1) is 34.1. The van der Waals surface area contributed by atoms with E-state index < -0.39 is 27.3 Å². The summed E-state index contributed by atoms with van der Waals surface area (Å²) >= 11 is 6.52. The van der Waals surface area contributed by atoms with Gasteiger partial charge in [-0.1, -0.05) is 36.7 Å². The fourth-order valence-electron chi connectivity index (χ4n) is 7.08. The summed E-state index contributed by atoms with van der Waals surface area (Å²) in [6.45, 7) is 10.4. The number of halogens is 1. The van der Waals surface area contributed by atoms with E-state index in [2.05, 4.69) is 27.1 Å². The number of nitrogens with one attached hydrogen (secondary N) is 1. The van der Waals surface area contributed by atoms with Crippen molar-refractivity contribution in [2.75, 3.05) is 63.8 Å².